The van der Waals surface area contributed by atoms with Crippen LogP contribution in [-0.4, -0.2) is 34.5 Å². The summed E-state index contributed by atoms with van der Waals surface area (Å²) >= 11 is 1.43. The molecule has 3 rings (SSSR count). The zero-order valence-electron chi connectivity index (χ0n) is 12.1. The van der Waals surface area contributed by atoms with Crippen LogP contribution in [0.2, 0.25) is 0 Å². The van der Waals surface area contributed by atoms with E-state index in [-0.39, 0.29) is 18.0 Å². The molecule has 1 aromatic carbocycles. The number of benzene rings is 1. The van der Waals surface area contributed by atoms with E-state index in [0.717, 1.165) is 16.0 Å². The summed E-state index contributed by atoms with van der Waals surface area (Å²) in [4.78, 5) is 16.3. The minimum atomic E-state index is -0.492. The number of methoxy groups -OCH3 is 1. The number of nitrogens with zero attached hydrogens (tertiary/aromatic N) is 3. The van der Waals surface area contributed by atoms with Crippen molar-refractivity contribution in [3.05, 3.63) is 30.0 Å². The topological polar surface area (TPSA) is 92.3 Å². The van der Waals surface area contributed by atoms with Crippen LogP contribution in [0.15, 0.2) is 24.4 Å². The molecule has 8 heteroatoms. The minimum absolute atomic E-state index is 0.121. The molecule has 0 bridgehead atoms. The molecule has 2 N–H and O–H groups in total. The fourth-order valence-corrected chi connectivity index (χ4v) is 2.89. The SMILES string of the molecule is CCOC(=O)c1cn(-c2nc3ccc(OC)cc3s2)nc1N. The molecule has 0 spiro atoms. The Morgan fingerprint density at radius 1 is 1.45 bits per heavy atom. The number of ether oxygens (including phenoxy) is 2. The number of hydrogen-bond acceptors (Lipinski definition) is 7. The van der Waals surface area contributed by atoms with Gasteiger partial charge in [0, 0.05) is 0 Å². The molecule has 0 unspecified atom stereocenters. The zero-order valence-corrected chi connectivity index (χ0v) is 12.9. The largest absolute Gasteiger partial charge is 0.497 e. The predicted octanol–water partition coefficient (Wildman–Crippen LogP) is 2.25. The minimum Gasteiger partial charge on any atom is -0.497 e. The molecule has 0 amide bonds. The number of aromatic nitrogens is 3. The number of rotatable bonds is 4. The summed E-state index contributed by atoms with van der Waals surface area (Å²) in [6.07, 6.45) is 1.53. The number of nitrogens with two attached hydrogens (primary N) is 1. The van der Waals surface area contributed by atoms with Gasteiger partial charge >= 0.3 is 5.97 Å². The Balaban J connectivity index is 2.00. The third kappa shape index (κ3) is 2.48. The van der Waals surface area contributed by atoms with Gasteiger partial charge in [-0.15, -0.1) is 5.10 Å². The van der Waals surface area contributed by atoms with Crippen molar-refractivity contribution in [1.29, 1.82) is 0 Å². The van der Waals surface area contributed by atoms with E-state index in [4.69, 9.17) is 15.2 Å². The quantitative estimate of drug-likeness (QED) is 0.742. The average Bonchev–Trinajstić information content (AvgIpc) is 3.09. The van der Waals surface area contributed by atoms with Crippen molar-refractivity contribution >= 4 is 33.3 Å². The molecule has 22 heavy (non-hydrogen) atoms. The Labute approximate surface area is 130 Å². The van der Waals surface area contributed by atoms with Gasteiger partial charge in [-0.1, -0.05) is 11.3 Å². The van der Waals surface area contributed by atoms with Gasteiger partial charge in [0.2, 0.25) is 5.13 Å². The maximum Gasteiger partial charge on any atom is 0.343 e. The van der Waals surface area contributed by atoms with E-state index in [1.807, 2.05) is 18.2 Å². The predicted molar refractivity (Wildman–Crippen MR) is 83.7 cm³/mol. The van der Waals surface area contributed by atoms with Gasteiger partial charge in [-0.3, -0.25) is 0 Å². The second-order valence-corrected chi connectivity index (χ2v) is 5.43. The van der Waals surface area contributed by atoms with Gasteiger partial charge < -0.3 is 15.2 Å². The Morgan fingerprint density at radius 2 is 2.27 bits per heavy atom. The molecular formula is C14H14N4O3S. The van der Waals surface area contributed by atoms with E-state index in [9.17, 15) is 4.79 Å². The van der Waals surface area contributed by atoms with Crippen molar-refractivity contribution in [3.63, 3.8) is 0 Å². The second-order valence-electron chi connectivity index (χ2n) is 4.42. The molecule has 114 valence electrons. The molecule has 0 fully saturated rings. The maximum absolute atomic E-state index is 11.8. The summed E-state index contributed by atoms with van der Waals surface area (Å²) in [6, 6.07) is 5.61. The first-order valence-electron chi connectivity index (χ1n) is 6.59. The zero-order chi connectivity index (χ0) is 15.7. The van der Waals surface area contributed by atoms with Crippen LogP contribution >= 0.6 is 11.3 Å². The molecule has 0 aliphatic carbocycles. The van der Waals surface area contributed by atoms with Gasteiger partial charge in [-0.05, 0) is 25.1 Å². The van der Waals surface area contributed by atoms with E-state index in [1.54, 1.807) is 14.0 Å². The second kappa shape index (κ2) is 5.64. The Morgan fingerprint density at radius 3 is 3.00 bits per heavy atom. The highest BCUT2D eigenvalue weighted by molar-refractivity contribution is 7.20. The fourth-order valence-electron chi connectivity index (χ4n) is 1.97. The molecule has 2 heterocycles. The van der Waals surface area contributed by atoms with Crippen LogP contribution in [0.3, 0.4) is 0 Å². The highest BCUT2D eigenvalue weighted by Crippen LogP contribution is 2.28. The molecule has 0 saturated carbocycles. The molecule has 0 radical (unpaired) electrons. The van der Waals surface area contributed by atoms with Gasteiger partial charge in [0.25, 0.3) is 0 Å². The van der Waals surface area contributed by atoms with Crippen molar-refractivity contribution in [3.8, 4) is 10.9 Å². The number of esters is 1. The van der Waals surface area contributed by atoms with Gasteiger partial charge in [-0.25, -0.2) is 14.5 Å². The standard InChI is InChI=1S/C14H14N4O3S/c1-3-21-13(19)9-7-18(17-12(9)15)14-16-10-5-4-8(20-2)6-11(10)22-14/h4-7H,3H2,1-2H3,(H2,15,17). The van der Waals surface area contributed by atoms with Crippen molar-refractivity contribution < 1.29 is 14.3 Å². The van der Waals surface area contributed by atoms with Crippen LogP contribution in [0.25, 0.3) is 15.3 Å². The smallest absolute Gasteiger partial charge is 0.343 e. The lowest BCUT2D eigenvalue weighted by Crippen LogP contribution is -2.05. The summed E-state index contributed by atoms with van der Waals surface area (Å²) in [5.74, 6) is 0.388. The first-order valence-corrected chi connectivity index (χ1v) is 7.41. The van der Waals surface area contributed by atoms with Crippen LogP contribution in [0.1, 0.15) is 17.3 Å². The van der Waals surface area contributed by atoms with Crippen LogP contribution in [0.5, 0.6) is 5.75 Å². The number of anilines is 1. The molecule has 2 aromatic heterocycles. The Hall–Kier alpha value is -2.61. The monoisotopic (exact) mass is 318 g/mol. The molecule has 0 saturated heterocycles. The van der Waals surface area contributed by atoms with E-state index in [1.165, 1.54) is 22.2 Å². The third-order valence-corrected chi connectivity index (χ3v) is 4.03. The van der Waals surface area contributed by atoms with E-state index in [2.05, 4.69) is 10.1 Å². The third-order valence-electron chi connectivity index (χ3n) is 3.02. The molecule has 7 nitrogen and oxygen atoms in total. The number of fused-ring (bicyclic) bond motifs is 1. The number of nitrogen functional groups attached to an aromatic ring is 1. The Bertz CT molecular complexity index is 840. The summed E-state index contributed by atoms with van der Waals surface area (Å²) in [5.41, 5.74) is 6.84. The Kier molecular flexibility index (Phi) is 3.68. The summed E-state index contributed by atoms with van der Waals surface area (Å²) in [7, 11) is 1.61. The number of carbonyl (C=O) groups is 1. The molecular weight excluding hydrogens is 304 g/mol. The summed E-state index contributed by atoms with van der Waals surface area (Å²) in [6.45, 7) is 2.02. The van der Waals surface area contributed by atoms with Gasteiger partial charge in [-0.2, -0.15) is 0 Å². The van der Waals surface area contributed by atoms with Gasteiger partial charge in [0.15, 0.2) is 5.82 Å². The number of carbonyl (C=O) groups excluding carboxylic acids is 1. The van der Waals surface area contributed by atoms with Crippen molar-refractivity contribution in [2.75, 3.05) is 19.5 Å². The van der Waals surface area contributed by atoms with Crippen LogP contribution in [-0.2, 0) is 4.74 Å². The van der Waals surface area contributed by atoms with Gasteiger partial charge in [0.05, 0.1) is 30.1 Å². The lowest BCUT2D eigenvalue weighted by molar-refractivity contribution is 0.0527. The lowest BCUT2D eigenvalue weighted by atomic mass is 10.3. The lowest BCUT2D eigenvalue weighted by Gasteiger charge is -1.97. The van der Waals surface area contributed by atoms with E-state index >= 15 is 0 Å². The molecule has 3 aromatic rings. The normalized spacial score (nSPS) is 10.8. The van der Waals surface area contributed by atoms with Crippen molar-refractivity contribution in [2.24, 2.45) is 0 Å². The first-order chi connectivity index (χ1) is 10.6. The fraction of sp³-hybridized carbons (Fsp3) is 0.214. The van der Waals surface area contributed by atoms with Crippen molar-refractivity contribution in [1.82, 2.24) is 14.8 Å². The maximum atomic E-state index is 11.8. The average molecular weight is 318 g/mol. The number of thiazole rings is 1. The van der Waals surface area contributed by atoms with E-state index in [0.29, 0.717) is 5.13 Å². The summed E-state index contributed by atoms with van der Waals surface area (Å²) in [5, 5.41) is 4.75. The van der Waals surface area contributed by atoms with Gasteiger partial charge in [0.1, 0.15) is 11.3 Å². The molecule has 0 atom stereocenters. The number of hydrogen-bond donors (Lipinski definition) is 1. The first kappa shape index (κ1) is 14.3. The molecule has 0 aliphatic heterocycles. The molecule has 0 aliphatic rings. The highest BCUT2D eigenvalue weighted by atomic mass is 32.1. The van der Waals surface area contributed by atoms with Crippen LogP contribution in [0, 0.1) is 0 Å². The van der Waals surface area contributed by atoms with Crippen molar-refractivity contribution in [2.45, 2.75) is 6.92 Å². The van der Waals surface area contributed by atoms with Crippen LogP contribution in [0.4, 0.5) is 5.82 Å². The summed E-state index contributed by atoms with van der Waals surface area (Å²) < 4.78 is 12.6. The van der Waals surface area contributed by atoms with Crippen LogP contribution < -0.4 is 10.5 Å². The van der Waals surface area contributed by atoms with E-state index < -0.39 is 5.97 Å². The highest BCUT2D eigenvalue weighted by Gasteiger charge is 2.17.